The largest absolute Gasteiger partial charge is 0.494 e. The minimum atomic E-state index is -3.62. The first-order valence-electron chi connectivity index (χ1n) is 6.30. The number of nitrogens with one attached hydrogen (secondary N) is 1. The van der Waals surface area contributed by atoms with E-state index in [1.165, 1.54) is 19.2 Å². The number of methoxy groups -OCH3 is 1. The van der Waals surface area contributed by atoms with Gasteiger partial charge in [0.25, 0.3) is 0 Å². The molecule has 0 heterocycles. The van der Waals surface area contributed by atoms with Gasteiger partial charge in [0.15, 0.2) is 11.6 Å². The van der Waals surface area contributed by atoms with Crippen LogP contribution in [0.4, 0.5) is 4.39 Å². The molecule has 0 spiro atoms. The van der Waals surface area contributed by atoms with Crippen LogP contribution >= 0.6 is 0 Å². The van der Waals surface area contributed by atoms with E-state index in [1.807, 2.05) is 0 Å². The number of hydrogen-bond donors (Lipinski definition) is 2. The molecule has 2 N–H and O–H groups in total. The molecule has 0 saturated carbocycles. The molecule has 0 aromatic heterocycles. The van der Waals surface area contributed by atoms with Crippen LogP contribution in [-0.4, -0.2) is 32.4 Å². The molecule has 0 amide bonds. The summed E-state index contributed by atoms with van der Waals surface area (Å²) in [6, 6.07) is 3.55. The Labute approximate surface area is 123 Å². The van der Waals surface area contributed by atoms with Crippen molar-refractivity contribution in [1.29, 1.82) is 0 Å². The van der Waals surface area contributed by atoms with E-state index in [2.05, 4.69) is 4.72 Å². The first-order valence-corrected chi connectivity index (χ1v) is 7.95. The fourth-order valence-electron chi connectivity index (χ4n) is 1.76. The third kappa shape index (κ3) is 5.68. The van der Waals surface area contributed by atoms with Crippen molar-refractivity contribution in [3.05, 3.63) is 29.6 Å². The Morgan fingerprint density at radius 1 is 1.48 bits per heavy atom. The van der Waals surface area contributed by atoms with E-state index >= 15 is 0 Å². The van der Waals surface area contributed by atoms with Gasteiger partial charge in [-0.15, -0.1) is 0 Å². The Kier molecular flexibility index (Phi) is 6.10. The zero-order valence-corrected chi connectivity index (χ0v) is 12.6. The molecule has 1 unspecified atom stereocenters. The summed E-state index contributed by atoms with van der Waals surface area (Å²) in [7, 11) is -2.28. The van der Waals surface area contributed by atoms with Gasteiger partial charge >= 0.3 is 5.97 Å². The van der Waals surface area contributed by atoms with Crippen molar-refractivity contribution in [2.24, 2.45) is 0 Å². The Morgan fingerprint density at radius 3 is 2.67 bits per heavy atom. The Morgan fingerprint density at radius 2 is 2.14 bits per heavy atom. The number of carbonyl (C=O) groups is 1. The number of carboxylic acids is 1. The Hall–Kier alpha value is -1.67. The maximum Gasteiger partial charge on any atom is 0.303 e. The van der Waals surface area contributed by atoms with E-state index in [-0.39, 0.29) is 24.3 Å². The molecule has 6 nitrogen and oxygen atoms in total. The first-order chi connectivity index (χ1) is 9.75. The molecule has 0 aliphatic heterocycles. The predicted octanol–water partition coefficient (Wildman–Crippen LogP) is 1.68. The number of hydrogen-bond acceptors (Lipinski definition) is 4. The number of aliphatic carboxylic acids is 1. The van der Waals surface area contributed by atoms with Crippen LogP contribution < -0.4 is 9.46 Å². The lowest BCUT2D eigenvalue weighted by molar-refractivity contribution is -0.137. The minimum Gasteiger partial charge on any atom is -0.494 e. The predicted molar refractivity (Wildman–Crippen MR) is 75.2 cm³/mol. The molecule has 1 aromatic rings. The molecule has 0 radical (unpaired) electrons. The smallest absolute Gasteiger partial charge is 0.303 e. The molecule has 0 aliphatic rings. The summed E-state index contributed by atoms with van der Waals surface area (Å²) < 4.78 is 44.3. The van der Waals surface area contributed by atoms with E-state index < -0.39 is 27.9 Å². The number of halogens is 1. The van der Waals surface area contributed by atoms with Crippen molar-refractivity contribution in [2.75, 3.05) is 12.9 Å². The van der Waals surface area contributed by atoms with Crippen LogP contribution in [0.15, 0.2) is 18.2 Å². The van der Waals surface area contributed by atoms with E-state index in [1.54, 1.807) is 13.0 Å². The highest BCUT2D eigenvalue weighted by Gasteiger charge is 2.17. The van der Waals surface area contributed by atoms with Crippen LogP contribution in [-0.2, 0) is 14.8 Å². The van der Waals surface area contributed by atoms with Gasteiger partial charge in [-0.2, -0.15) is 0 Å². The molecule has 1 aromatic carbocycles. The molecule has 0 aliphatic carbocycles. The molecular formula is C13H18FNO5S. The standard InChI is InChI=1S/C13H18FNO5S/c1-9(10-5-6-12(20-2)11(14)8-10)15-21(18,19)7-3-4-13(16)17/h5-6,8-9,15H,3-4,7H2,1-2H3,(H,16,17). The quantitative estimate of drug-likeness (QED) is 0.760. The molecule has 0 bridgehead atoms. The second-order valence-corrected chi connectivity index (χ2v) is 6.42. The zero-order chi connectivity index (χ0) is 16.0. The summed E-state index contributed by atoms with van der Waals surface area (Å²) >= 11 is 0. The lowest BCUT2D eigenvalue weighted by Gasteiger charge is -2.15. The highest BCUT2D eigenvalue weighted by molar-refractivity contribution is 7.89. The lowest BCUT2D eigenvalue weighted by Crippen LogP contribution is -2.29. The van der Waals surface area contributed by atoms with E-state index in [4.69, 9.17) is 9.84 Å². The highest BCUT2D eigenvalue weighted by Crippen LogP contribution is 2.22. The summed E-state index contributed by atoms with van der Waals surface area (Å²) in [4.78, 5) is 10.4. The van der Waals surface area contributed by atoms with Crippen molar-refractivity contribution in [2.45, 2.75) is 25.8 Å². The van der Waals surface area contributed by atoms with Crippen molar-refractivity contribution in [1.82, 2.24) is 4.72 Å². The van der Waals surface area contributed by atoms with Gasteiger partial charge in [0.05, 0.1) is 12.9 Å². The fraction of sp³-hybridized carbons (Fsp3) is 0.462. The summed E-state index contributed by atoms with van der Waals surface area (Å²) in [6.07, 6.45) is -0.194. The molecule has 1 atom stereocenters. The van der Waals surface area contributed by atoms with Crippen LogP contribution in [0.3, 0.4) is 0 Å². The minimum absolute atomic E-state index is 0.0222. The zero-order valence-electron chi connectivity index (χ0n) is 11.8. The van der Waals surface area contributed by atoms with Gasteiger partial charge in [-0.25, -0.2) is 17.5 Å². The lowest BCUT2D eigenvalue weighted by atomic mass is 10.1. The molecule has 0 fully saturated rings. The Balaban J connectivity index is 2.69. The number of ether oxygens (including phenoxy) is 1. The average Bonchev–Trinajstić information content (AvgIpc) is 2.37. The fourth-order valence-corrected chi connectivity index (χ4v) is 3.08. The van der Waals surface area contributed by atoms with Crippen LogP contribution in [0, 0.1) is 5.82 Å². The van der Waals surface area contributed by atoms with Gasteiger partial charge in [0, 0.05) is 12.5 Å². The summed E-state index contributed by atoms with van der Waals surface area (Å²) in [5.41, 5.74) is 0.454. The third-order valence-electron chi connectivity index (χ3n) is 2.84. The normalized spacial score (nSPS) is 12.9. The second kappa shape index (κ2) is 7.37. The summed E-state index contributed by atoms with van der Waals surface area (Å²) in [6.45, 7) is 1.58. The first kappa shape index (κ1) is 17.4. The van der Waals surface area contributed by atoms with Crippen LogP contribution in [0.2, 0.25) is 0 Å². The average molecular weight is 319 g/mol. The maximum absolute atomic E-state index is 13.6. The molecular weight excluding hydrogens is 301 g/mol. The summed E-state index contributed by atoms with van der Waals surface area (Å²) in [5, 5.41) is 8.48. The van der Waals surface area contributed by atoms with Crippen molar-refractivity contribution < 1.29 is 27.4 Å². The molecule has 118 valence electrons. The van der Waals surface area contributed by atoms with Crippen molar-refractivity contribution in [3.63, 3.8) is 0 Å². The van der Waals surface area contributed by atoms with E-state index in [9.17, 15) is 17.6 Å². The molecule has 1 rings (SSSR count). The second-order valence-electron chi connectivity index (χ2n) is 4.55. The number of rotatable bonds is 8. The summed E-state index contributed by atoms with van der Waals surface area (Å²) in [5.74, 6) is -1.83. The van der Waals surface area contributed by atoms with Crippen molar-refractivity contribution in [3.8, 4) is 5.75 Å². The monoisotopic (exact) mass is 319 g/mol. The SMILES string of the molecule is COc1ccc(C(C)NS(=O)(=O)CCCC(=O)O)cc1F. The highest BCUT2D eigenvalue weighted by atomic mass is 32.2. The van der Waals surface area contributed by atoms with Crippen LogP contribution in [0.25, 0.3) is 0 Å². The number of benzene rings is 1. The molecule has 21 heavy (non-hydrogen) atoms. The van der Waals surface area contributed by atoms with Crippen LogP contribution in [0.5, 0.6) is 5.75 Å². The van der Waals surface area contributed by atoms with Gasteiger partial charge in [-0.05, 0) is 31.0 Å². The van der Waals surface area contributed by atoms with E-state index in [0.717, 1.165) is 0 Å². The van der Waals surface area contributed by atoms with Gasteiger partial charge < -0.3 is 9.84 Å². The van der Waals surface area contributed by atoms with Crippen LogP contribution in [0.1, 0.15) is 31.4 Å². The van der Waals surface area contributed by atoms with Crippen molar-refractivity contribution >= 4 is 16.0 Å². The van der Waals surface area contributed by atoms with Gasteiger partial charge in [0.2, 0.25) is 10.0 Å². The Bertz CT molecular complexity index is 603. The van der Waals surface area contributed by atoms with Gasteiger partial charge in [-0.1, -0.05) is 6.07 Å². The number of sulfonamides is 1. The van der Waals surface area contributed by atoms with Gasteiger partial charge in [-0.3, -0.25) is 4.79 Å². The third-order valence-corrected chi connectivity index (χ3v) is 4.37. The van der Waals surface area contributed by atoms with Gasteiger partial charge in [0.1, 0.15) is 0 Å². The maximum atomic E-state index is 13.6. The topological polar surface area (TPSA) is 92.7 Å². The number of carboxylic acid groups (broad SMARTS) is 1. The molecule has 0 saturated heterocycles. The molecule has 8 heteroatoms. The van der Waals surface area contributed by atoms with E-state index in [0.29, 0.717) is 5.56 Å².